The maximum Gasteiger partial charge on any atom is 0.249 e. The molecule has 132 valence electrons. The first-order valence-electron chi connectivity index (χ1n) is 8.89. The van der Waals surface area contributed by atoms with Gasteiger partial charge in [0.05, 0.1) is 13.1 Å². The van der Waals surface area contributed by atoms with E-state index in [4.69, 9.17) is 5.73 Å². The van der Waals surface area contributed by atoms with Gasteiger partial charge in [0, 0.05) is 5.56 Å². The normalized spacial score (nSPS) is 12.5. The van der Waals surface area contributed by atoms with Crippen LogP contribution >= 0.6 is 0 Å². The summed E-state index contributed by atoms with van der Waals surface area (Å²) in [5, 5.41) is 9.28. The second-order valence-corrected chi connectivity index (χ2v) is 6.76. The first-order chi connectivity index (χ1) is 13.2. The summed E-state index contributed by atoms with van der Waals surface area (Å²) in [6.07, 6.45) is 2.86. The highest BCUT2D eigenvalue weighted by Gasteiger charge is 2.23. The van der Waals surface area contributed by atoms with Crippen molar-refractivity contribution in [3.05, 3.63) is 94.5 Å². The van der Waals surface area contributed by atoms with Gasteiger partial charge in [0.25, 0.3) is 0 Å². The molecule has 0 aromatic heterocycles. The van der Waals surface area contributed by atoms with E-state index in [1.165, 1.54) is 0 Å². The average molecular weight is 353 g/mol. The van der Waals surface area contributed by atoms with Gasteiger partial charge in [0.15, 0.2) is 6.19 Å². The number of primary amides is 1. The van der Waals surface area contributed by atoms with Crippen LogP contribution in [0.2, 0.25) is 0 Å². The molecule has 3 aromatic carbocycles. The van der Waals surface area contributed by atoms with Crippen LogP contribution in [0.5, 0.6) is 0 Å². The van der Waals surface area contributed by atoms with Crippen molar-refractivity contribution in [2.75, 3.05) is 0 Å². The molecule has 0 radical (unpaired) electrons. The molecule has 0 saturated heterocycles. The van der Waals surface area contributed by atoms with Gasteiger partial charge in [-0.15, -0.1) is 0 Å². The van der Waals surface area contributed by atoms with Gasteiger partial charge < -0.3 is 10.6 Å². The lowest BCUT2D eigenvalue weighted by Crippen LogP contribution is -2.15. The van der Waals surface area contributed by atoms with E-state index >= 15 is 0 Å². The minimum atomic E-state index is -0.422. The Labute approximate surface area is 158 Å². The number of carbonyl (C=O) groups is 1. The van der Waals surface area contributed by atoms with Gasteiger partial charge in [-0.05, 0) is 45.9 Å². The number of nitrogens with two attached hydrogens (primary N) is 1. The maximum absolute atomic E-state index is 12.1. The van der Waals surface area contributed by atoms with E-state index in [2.05, 4.69) is 18.3 Å². The van der Waals surface area contributed by atoms with Gasteiger partial charge in [0.1, 0.15) is 0 Å². The van der Waals surface area contributed by atoms with E-state index in [9.17, 15) is 10.1 Å². The lowest BCUT2D eigenvalue weighted by Gasteiger charge is -2.16. The highest BCUT2D eigenvalue weighted by Crippen LogP contribution is 2.36. The molecular formula is C23H19N3O. The van der Waals surface area contributed by atoms with Crippen molar-refractivity contribution >= 4 is 5.91 Å². The van der Waals surface area contributed by atoms with Crippen molar-refractivity contribution < 1.29 is 4.79 Å². The Morgan fingerprint density at radius 2 is 1.70 bits per heavy atom. The number of fused-ring (bicyclic) bond motifs is 1. The van der Waals surface area contributed by atoms with Crippen LogP contribution in [0, 0.1) is 11.5 Å². The highest BCUT2D eigenvalue weighted by atomic mass is 16.1. The first kappa shape index (κ1) is 16.9. The highest BCUT2D eigenvalue weighted by molar-refractivity contribution is 5.97. The molecule has 4 heteroatoms. The number of hydrogen-bond acceptors (Lipinski definition) is 3. The lowest BCUT2D eigenvalue weighted by atomic mass is 9.88. The van der Waals surface area contributed by atoms with Crippen molar-refractivity contribution in [3.63, 3.8) is 0 Å². The van der Waals surface area contributed by atoms with Gasteiger partial charge in [-0.25, -0.2) is 0 Å². The van der Waals surface area contributed by atoms with Crippen molar-refractivity contribution in [1.82, 2.24) is 4.90 Å². The Kier molecular flexibility index (Phi) is 4.35. The van der Waals surface area contributed by atoms with Crippen molar-refractivity contribution in [1.29, 1.82) is 5.26 Å². The molecule has 1 aliphatic rings. The summed E-state index contributed by atoms with van der Waals surface area (Å²) in [4.78, 5) is 13.8. The van der Waals surface area contributed by atoms with E-state index in [-0.39, 0.29) is 0 Å². The van der Waals surface area contributed by atoms with E-state index in [0.29, 0.717) is 25.1 Å². The summed E-state index contributed by atoms with van der Waals surface area (Å²) >= 11 is 0. The molecule has 3 aromatic rings. The summed E-state index contributed by atoms with van der Waals surface area (Å²) in [5.41, 5.74) is 12.7. The summed E-state index contributed by atoms with van der Waals surface area (Å²) in [5.74, 6) is -0.422. The molecule has 4 rings (SSSR count). The second kappa shape index (κ2) is 6.97. The van der Waals surface area contributed by atoms with E-state index in [1.54, 1.807) is 11.0 Å². The monoisotopic (exact) mass is 353 g/mol. The Morgan fingerprint density at radius 3 is 2.44 bits per heavy atom. The van der Waals surface area contributed by atoms with Crippen LogP contribution in [0.4, 0.5) is 0 Å². The minimum absolute atomic E-state index is 0.422. The largest absolute Gasteiger partial charge is 0.366 e. The van der Waals surface area contributed by atoms with E-state index in [0.717, 1.165) is 33.4 Å². The zero-order chi connectivity index (χ0) is 18.8. The van der Waals surface area contributed by atoms with Gasteiger partial charge >= 0.3 is 0 Å². The number of amides is 1. The quantitative estimate of drug-likeness (QED) is 0.725. The summed E-state index contributed by atoms with van der Waals surface area (Å²) in [7, 11) is 0. The number of benzene rings is 3. The van der Waals surface area contributed by atoms with Gasteiger partial charge in [-0.1, -0.05) is 60.7 Å². The smallest absolute Gasteiger partial charge is 0.249 e. The number of nitriles is 1. The molecule has 0 saturated carbocycles. The fourth-order valence-corrected chi connectivity index (χ4v) is 3.81. The topological polar surface area (TPSA) is 70.1 Å². The molecule has 0 atom stereocenters. The molecule has 4 nitrogen and oxygen atoms in total. The van der Waals surface area contributed by atoms with Crippen LogP contribution in [-0.2, 0) is 19.5 Å². The van der Waals surface area contributed by atoms with Crippen LogP contribution in [0.25, 0.3) is 11.1 Å². The molecule has 0 aliphatic carbocycles. The summed E-state index contributed by atoms with van der Waals surface area (Å²) < 4.78 is 0. The van der Waals surface area contributed by atoms with Crippen LogP contribution < -0.4 is 5.73 Å². The Morgan fingerprint density at radius 1 is 0.963 bits per heavy atom. The van der Waals surface area contributed by atoms with Gasteiger partial charge in [-0.2, -0.15) is 5.26 Å². The molecule has 1 amide bonds. The molecule has 1 aliphatic heterocycles. The zero-order valence-electron chi connectivity index (χ0n) is 14.9. The minimum Gasteiger partial charge on any atom is -0.366 e. The molecule has 0 bridgehead atoms. The van der Waals surface area contributed by atoms with Crippen molar-refractivity contribution in [2.45, 2.75) is 19.5 Å². The van der Waals surface area contributed by atoms with Crippen LogP contribution in [0.15, 0.2) is 66.7 Å². The fraction of sp³-hybridized carbons (Fsp3) is 0.130. The number of nitrogens with zero attached hydrogens (tertiary/aromatic N) is 2. The third-order valence-corrected chi connectivity index (χ3v) is 5.08. The van der Waals surface area contributed by atoms with Crippen LogP contribution in [-0.4, -0.2) is 10.8 Å². The third kappa shape index (κ3) is 3.16. The molecule has 0 spiro atoms. The molecule has 1 heterocycles. The Bertz CT molecular complexity index is 1050. The van der Waals surface area contributed by atoms with Crippen molar-refractivity contribution in [3.8, 4) is 17.3 Å². The van der Waals surface area contributed by atoms with Crippen LogP contribution in [0.3, 0.4) is 0 Å². The fourth-order valence-electron chi connectivity index (χ4n) is 3.81. The predicted molar refractivity (Wildman–Crippen MR) is 105 cm³/mol. The second-order valence-electron chi connectivity index (χ2n) is 6.76. The molecule has 2 N–H and O–H groups in total. The maximum atomic E-state index is 12.1. The van der Waals surface area contributed by atoms with Crippen LogP contribution in [0.1, 0.15) is 32.6 Å². The van der Waals surface area contributed by atoms with E-state index in [1.807, 2.05) is 48.5 Å². The standard InChI is InChI=1S/C23H19N3O/c24-15-26-13-17-8-4-9-19(22(17)14-26)18-10-5-11-20(23(25)27)21(18)12-16-6-2-1-3-7-16/h1-11H,12-14H2,(H2,25,27). The van der Waals surface area contributed by atoms with Gasteiger partial charge in [-0.3, -0.25) is 4.79 Å². The first-order valence-corrected chi connectivity index (χ1v) is 8.89. The number of carbonyl (C=O) groups excluding carboxylic acids is 1. The Hall–Kier alpha value is -3.58. The SMILES string of the molecule is N#CN1Cc2cccc(-c3cccc(C(N)=O)c3Cc3ccccc3)c2C1. The predicted octanol–water partition coefficient (Wildman–Crippen LogP) is 3.84. The summed E-state index contributed by atoms with van der Waals surface area (Å²) in [6.45, 7) is 1.22. The molecule has 0 unspecified atom stereocenters. The lowest BCUT2D eigenvalue weighted by molar-refractivity contribution is 0.0999. The molecule has 27 heavy (non-hydrogen) atoms. The molecule has 0 fully saturated rings. The van der Waals surface area contributed by atoms with E-state index < -0.39 is 5.91 Å². The van der Waals surface area contributed by atoms with Crippen molar-refractivity contribution in [2.24, 2.45) is 5.73 Å². The summed E-state index contributed by atoms with van der Waals surface area (Å²) in [6, 6.07) is 21.9. The van der Waals surface area contributed by atoms with Gasteiger partial charge in [0.2, 0.25) is 5.91 Å². The number of hydrogen-bond donors (Lipinski definition) is 1. The average Bonchev–Trinajstić information content (AvgIpc) is 3.12. The Balaban J connectivity index is 1.88. The third-order valence-electron chi connectivity index (χ3n) is 5.08. The number of rotatable bonds is 4. The molecular weight excluding hydrogens is 334 g/mol. The zero-order valence-corrected chi connectivity index (χ0v) is 14.9.